The van der Waals surface area contributed by atoms with Gasteiger partial charge in [0.05, 0.1) is 12.7 Å². The maximum Gasteiger partial charge on any atom is 0.295 e. The first-order valence-corrected chi connectivity index (χ1v) is 10.1. The van der Waals surface area contributed by atoms with Crippen LogP contribution < -0.4 is 4.74 Å². The highest BCUT2D eigenvalue weighted by molar-refractivity contribution is 6.46. The molecular formula is C24H29NO5. The summed E-state index contributed by atoms with van der Waals surface area (Å²) in [7, 11) is 1.60. The summed E-state index contributed by atoms with van der Waals surface area (Å²) < 4.78 is 11.2. The van der Waals surface area contributed by atoms with Gasteiger partial charge in [0.2, 0.25) is 0 Å². The van der Waals surface area contributed by atoms with E-state index in [1.807, 2.05) is 33.8 Å². The lowest BCUT2D eigenvalue weighted by Gasteiger charge is -2.24. The van der Waals surface area contributed by atoms with E-state index in [9.17, 15) is 14.7 Å². The molecule has 1 aromatic carbocycles. The second-order valence-corrected chi connectivity index (χ2v) is 8.61. The zero-order valence-electron chi connectivity index (χ0n) is 18.4. The summed E-state index contributed by atoms with van der Waals surface area (Å²) in [5, 5.41) is 11.2. The smallest absolute Gasteiger partial charge is 0.295 e. The number of benzene rings is 1. The molecule has 0 spiro atoms. The van der Waals surface area contributed by atoms with Gasteiger partial charge in [0.25, 0.3) is 11.7 Å². The standard InChI is InChI=1S/C24H29NO5/c1-7-12-25-20(18-10-8-14(2)30-18)19(22(27)23(25)28)21(26)15-9-11-17(29-6)16(13-15)24(3,4)5/h8-11,13,20,26H,7,12H2,1-6H3/b21-19-. The van der Waals surface area contributed by atoms with Crippen LogP contribution in [0.5, 0.6) is 5.75 Å². The summed E-state index contributed by atoms with van der Waals surface area (Å²) in [5.41, 5.74) is 1.16. The minimum atomic E-state index is -0.751. The van der Waals surface area contributed by atoms with Crippen LogP contribution in [0.4, 0.5) is 0 Å². The molecule has 30 heavy (non-hydrogen) atoms. The Hall–Kier alpha value is -3.02. The highest BCUT2D eigenvalue weighted by Gasteiger charge is 2.47. The van der Waals surface area contributed by atoms with Gasteiger partial charge in [-0.05, 0) is 49.1 Å². The molecule has 0 aliphatic carbocycles. The van der Waals surface area contributed by atoms with E-state index in [4.69, 9.17) is 9.15 Å². The van der Waals surface area contributed by atoms with Crippen molar-refractivity contribution in [3.05, 3.63) is 58.6 Å². The lowest BCUT2D eigenvalue weighted by atomic mass is 9.84. The van der Waals surface area contributed by atoms with E-state index in [0.717, 1.165) is 5.56 Å². The molecule has 1 amide bonds. The summed E-state index contributed by atoms with van der Waals surface area (Å²) >= 11 is 0. The number of nitrogens with zero attached hydrogens (tertiary/aromatic N) is 1. The number of furan rings is 1. The van der Waals surface area contributed by atoms with E-state index in [-0.39, 0.29) is 16.7 Å². The molecule has 6 nitrogen and oxygen atoms in total. The summed E-state index contributed by atoms with van der Waals surface area (Å²) in [6, 6.07) is 8.05. The van der Waals surface area contributed by atoms with Gasteiger partial charge in [0, 0.05) is 17.7 Å². The van der Waals surface area contributed by atoms with Crippen LogP contribution in [0.3, 0.4) is 0 Å². The number of aryl methyl sites for hydroxylation is 1. The number of likely N-dealkylation sites (tertiary alicyclic amines) is 1. The Kier molecular flexibility index (Phi) is 5.79. The number of methoxy groups -OCH3 is 1. The summed E-state index contributed by atoms with van der Waals surface area (Å²) in [6.45, 7) is 10.3. The second kappa shape index (κ2) is 8.01. The number of amides is 1. The summed E-state index contributed by atoms with van der Waals surface area (Å²) in [5.74, 6) is 0.302. The summed E-state index contributed by atoms with van der Waals surface area (Å²) in [6.07, 6.45) is 0.681. The topological polar surface area (TPSA) is 80.0 Å². The third-order valence-electron chi connectivity index (χ3n) is 5.32. The minimum absolute atomic E-state index is 0.0489. The molecule has 1 unspecified atom stereocenters. The molecule has 1 atom stereocenters. The van der Waals surface area contributed by atoms with Gasteiger partial charge in [-0.2, -0.15) is 0 Å². The van der Waals surface area contributed by atoms with Gasteiger partial charge >= 0.3 is 0 Å². The number of aliphatic hydroxyl groups is 1. The van der Waals surface area contributed by atoms with Gasteiger partial charge in [-0.15, -0.1) is 0 Å². The van der Waals surface area contributed by atoms with Crippen LogP contribution in [0.15, 0.2) is 40.3 Å². The van der Waals surface area contributed by atoms with Crippen molar-refractivity contribution in [2.24, 2.45) is 0 Å². The first-order valence-electron chi connectivity index (χ1n) is 10.1. The maximum absolute atomic E-state index is 12.9. The van der Waals surface area contributed by atoms with Crippen LogP contribution in [0, 0.1) is 6.92 Å². The Bertz CT molecular complexity index is 1010. The van der Waals surface area contributed by atoms with Crippen LogP contribution in [0.1, 0.15) is 62.8 Å². The predicted molar refractivity (Wildman–Crippen MR) is 114 cm³/mol. The van der Waals surface area contributed by atoms with E-state index < -0.39 is 17.7 Å². The molecule has 1 aliphatic rings. The highest BCUT2D eigenvalue weighted by Crippen LogP contribution is 2.41. The molecule has 160 valence electrons. The average molecular weight is 411 g/mol. The number of carbonyl (C=O) groups excluding carboxylic acids is 2. The lowest BCUT2D eigenvalue weighted by Crippen LogP contribution is -2.30. The monoisotopic (exact) mass is 411 g/mol. The molecule has 1 fully saturated rings. The van der Waals surface area contributed by atoms with Crippen molar-refractivity contribution in [2.45, 2.75) is 52.5 Å². The number of ether oxygens (including phenoxy) is 1. The predicted octanol–water partition coefficient (Wildman–Crippen LogP) is 4.73. The van der Waals surface area contributed by atoms with Crippen LogP contribution in [0.2, 0.25) is 0 Å². The first-order chi connectivity index (χ1) is 14.1. The van der Waals surface area contributed by atoms with Crippen LogP contribution in [-0.4, -0.2) is 35.4 Å². The van der Waals surface area contributed by atoms with Crippen molar-refractivity contribution in [3.63, 3.8) is 0 Å². The SMILES string of the molecule is CCCN1C(=O)C(=O)/C(=C(\O)c2ccc(OC)c(C(C)(C)C)c2)C1c1ccc(C)o1. The molecule has 0 radical (unpaired) electrons. The second-order valence-electron chi connectivity index (χ2n) is 8.61. The molecule has 6 heteroatoms. The number of carbonyl (C=O) groups is 2. The molecule has 0 saturated carbocycles. The Morgan fingerprint density at radius 1 is 1.20 bits per heavy atom. The van der Waals surface area contributed by atoms with Gasteiger partial charge in [0.15, 0.2) is 0 Å². The number of aliphatic hydroxyl groups excluding tert-OH is 1. The van der Waals surface area contributed by atoms with Crippen LogP contribution in [-0.2, 0) is 15.0 Å². The fourth-order valence-corrected chi connectivity index (χ4v) is 3.84. The Labute approximate surface area is 177 Å². The zero-order valence-corrected chi connectivity index (χ0v) is 18.4. The normalized spacial score (nSPS) is 18.9. The van der Waals surface area contributed by atoms with E-state index in [0.29, 0.717) is 35.8 Å². The number of Topliss-reactive ketones (excluding diaryl/α,β-unsaturated/α-hetero) is 1. The molecule has 3 rings (SSSR count). The quantitative estimate of drug-likeness (QED) is 0.437. The number of hydrogen-bond acceptors (Lipinski definition) is 5. The van der Waals surface area contributed by atoms with Crippen molar-refractivity contribution >= 4 is 17.4 Å². The third kappa shape index (κ3) is 3.74. The lowest BCUT2D eigenvalue weighted by molar-refractivity contribution is -0.140. The molecule has 1 N–H and O–H groups in total. The minimum Gasteiger partial charge on any atom is -0.507 e. The van der Waals surface area contributed by atoms with Crippen molar-refractivity contribution in [3.8, 4) is 5.75 Å². The summed E-state index contributed by atoms with van der Waals surface area (Å²) in [4.78, 5) is 27.1. The van der Waals surface area contributed by atoms with Gasteiger partial charge in [-0.3, -0.25) is 9.59 Å². The van der Waals surface area contributed by atoms with Gasteiger partial charge in [-0.1, -0.05) is 27.7 Å². The molecular weight excluding hydrogens is 382 g/mol. The van der Waals surface area contributed by atoms with E-state index in [1.54, 1.807) is 38.3 Å². The Morgan fingerprint density at radius 3 is 2.43 bits per heavy atom. The van der Waals surface area contributed by atoms with Crippen LogP contribution >= 0.6 is 0 Å². The fraction of sp³-hybridized carbons (Fsp3) is 0.417. The molecule has 1 saturated heterocycles. The van der Waals surface area contributed by atoms with E-state index in [1.165, 1.54) is 4.90 Å². The Morgan fingerprint density at radius 2 is 1.90 bits per heavy atom. The number of hydrogen-bond donors (Lipinski definition) is 1. The fourth-order valence-electron chi connectivity index (χ4n) is 3.84. The van der Waals surface area contributed by atoms with Crippen molar-refractivity contribution < 1.29 is 23.8 Å². The average Bonchev–Trinajstić information content (AvgIpc) is 3.23. The molecule has 2 aromatic rings. The molecule has 1 aromatic heterocycles. The van der Waals surface area contributed by atoms with Crippen molar-refractivity contribution in [1.82, 2.24) is 4.90 Å². The molecule has 1 aliphatic heterocycles. The third-order valence-corrected chi connectivity index (χ3v) is 5.32. The van der Waals surface area contributed by atoms with Gasteiger partial charge in [0.1, 0.15) is 29.1 Å². The first kappa shape index (κ1) is 21.7. The zero-order chi connectivity index (χ0) is 22.2. The molecule has 0 bridgehead atoms. The number of rotatable bonds is 5. The van der Waals surface area contributed by atoms with Gasteiger partial charge in [-0.25, -0.2) is 0 Å². The van der Waals surface area contributed by atoms with Crippen molar-refractivity contribution in [1.29, 1.82) is 0 Å². The van der Waals surface area contributed by atoms with E-state index in [2.05, 4.69) is 0 Å². The Balaban J connectivity index is 2.21. The highest BCUT2D eigenvalue weighted by atomic mass is 16.5. The van der Waals surface area contributed by atoms with Crippen molar-refractivity contribution in [2.75, 3.05) is 13.7 Å². The maximum atomic E-state index is 12.9. The number of ketones is 1. The van der Waals surface area contributed by atoms with Gasteiger partial charge < -0.3 is 19.2 Å². The largest absolute Gasteiger partial charge is 0.507 e. The molecule has 2 heterocycles. The van der Waals surface area contributed by atoms with E-state index >= 15 is 0 Å². The van der Waals surface area contributed by atoms with Crippen LogP contribution in [0.25, 0.3) is 5.76 Å².